The largest absolute Gasteiger partial charge is 0.395 e. The predicted molar refractivity (Wildman–Crippen MR) is 42.5 cm³/mol. The van der Waals surface area contributed by atoms with E-state index >= 15 is 0 Å². The van der Waals surface area contributed by atoms with Crippen LogP contribution in [-0.4, -0.2) is 38.8 Å². The summed E-state index contributed by atoms with van der Waals surface area (Å²) in [6, 6.07) is 0. The second-order valence-electron chi connectivity index (χ2n) is 1.46. The second kappa shape index (κ2) is 5.61. The number of aliphatic hydroxyl groups excluding tert-OH is 2. The van der Waals surface area contributed by atoms with Crippen LogP contribution in [0.2, 0.25) is 0 Å². The highest BCUT2D eigenvalue weighted by Gasteiger charge is 2.08. The molecule has 0 aromatic heterocycles. The molecule has 0 saturated heterocycles. The van der Waals surface area contributed by atoms with Crippen molar-refractivity contribution in [3.8, 4) is 0 Å². The zero-order valence-electron chi connectivity index (χ0n) is 4.80. The first-order valence-electron chi connectivity index (χ1n) is 2.50. The van der Waals surface area contributed by atoms with E-state index in [0.29, 0.717) is 6.54 Å². The number of rotatable bonds is 4. The summed E-state index contributed by atoms with van der Waals surface area (Å²) in [5.41, 5.74) is 0. The van der Waals surface area contributed by atoms with Crippen molar-refractivity contribution in [3.63, 3.8) is 0 Å². The van der Waals surface area contributed by atoms with Crippen LogP contribution in [0.25, 0.3) is 0 Å². The van der Waals surface area contributed by atoms with Gasteiger partial charge in [-0.2, -0.15) is 0 Å². The minimum absolute atomic E-state index is 0.0191. The summed E-state index contributed by atoms with van der Waals surface area (Å²) in [6.07, 6.45) is 0. The third kappa shape index (κ3) is 4.27. The van der Waals surface area contributed by atoms with Crippen molar-refractivity contribution in [1.82, 2.24) is 3.93 Å². The Labute approximate surface area is 71.1 Å². The van der Waals surface area contributed by atoms with E-state index in [1.54, 1.807) is 3.93 Å². The lowest BCUT2D eigenvalue weighted by Gasteiger charge is -2.16. The Kier molecular flexibility index (Phi) is 6.14. The first-order chi connectivity index (χ1) is 4.22. The summed E-state index contributed by atoms with van der Waals surface area (Å²) in [5.74, 6) is 0. The van der Waals surface area contributed by atoms with Gasteiger partial charge in [-0.15, -0.1) is 0 Å². The molecule has 9 heavy (non-hydrogen) atoms. The molecule has 3 nitrogen and oxygen atoms in total. The van der Waals surface area contributed by atoms with Crippen molar-refractivity contribution in [1.29, 1.82) is 0 Å². The van der Waals surface area contributed by atoms with E-state index in [4.69, 9.17) is 10.2 Å². The predicted octanol–water partition coefficient (Wildman–Crippen LogP) is 0.304. The average molecular weight is 263 g/mol. The van der Waals surface area contributed by atoms with Crippen LogP contribution in [0.1, 0.15) is 0 Å². The second-order valence-corrected chi connectivity index (χ2v) is 3.43. The number of hydrogen-bond donors (Lipinski definition) is 2. The molecule has 0 fully saturated rings. The molecule has 1 atom stereocenters. The Morgan fingerprint density at radius 3 is 2.33 bits per heavy atom. The van der Waals surface area contributed by atoms with Crippen molar-refractivity contribution in [2.45, 2.75) is 4.95 Å². The van der Waals surface area contributed by atoms with E-state index in [1.807, 2.05) is 0 Å². The highest BCUT2D eigenvalue weighted by Crippen LogP contribution is 2.10. The van der Waals surface area contributed by atoms with Crippen LogP contribution in [0.5, 0.6) is 0 Å². The van der Waals surface area contributed by atoms with Gasteiger partial charge in [0.2, 0.25) is 0 Å². The number of aliphatic hydroxyl groups is 2. The van der Waals surface area contributed by atoms with Gasteiger partial charge in [0.25, 0.3) is 0 Å². The average Bonchev–Trinajstić information content (AvgIpc) is 1.87. The smallest absolute Gasteiger partial charge is 0.0986 e. The minimum atomic E-state index is -0.121. The van der Waals surface area contributed by atoms with Crippen LogP contribution >= 0.6 is 32.1 Å². The quantitative estimate of drug-likeness (QED) is 0.435. The zero-order chi connectivity index (χ0) is 7.28. The van der Waals surface area contributed by atoms with Crippen molar-refractivity contribution >= 4 is 32.1 Å². The summed E-state index contributed by atoms with van der Waals surface area (Å²) in [5, 5.41) is 16.9. The van der Waals surface area contributed by atoms with Gasteiger partial charge in [0, 0.05) is 22.7 Å². The maximum Gasteiger partial charge on any atom is 0.0986 e. The molecule has 0 saturated carbocycles. The van der Waals surface area contributed by atoms with Gasteiger partial charge in [-0.1, -0.05) is 15.9 Å². The Hall–Kier alpha value is 0.840. The maximum absolute atomic E-state index is 8.53. The molecule has 1 unspecified atom stereocenters. The molecule has 0 rings (SSSR count). The molecule has 0 aliphatic heterocycles. The van der Waals surface area contributed by atoms with Crippen molar-refractivity contribution < 1.29 is 10.2 Å². The molecule has 0 amide bonds. The molecular formula is C4H9Br2NO2. The molecule has 0 aromatic rings. The van der Waals surface area contributed by atoms with Crippen LogP contribution in [-0.2, 0) is 0 Å². The molecule has 0 aliphatic carbocycles. The lowest BCUT2D eigenvalue weighted by atomic mass is 10.6. The van der Waals surface area contributed by atoms with Gasteiger partial charge in [-0.3, -0.25) is 0 Å². The summed E-state index contributed by atoms with van der Waals surface area (Å²) in [6.45, 7) is 0.592. The van der Waals surface area contributed by atoms with Crippen molar-refractivity contribution in [3.05, 3.63) is 0 Å². The number of alkyl halides is 1. The fourth-order valence-corrected chi connectivity index (χ4v) is 0.817. The van der Waals surface area contributed by atoms with Gasteiger partial charge >= 0.3 is 0 Å². The van der Waals surface area contributed by atoms with Crippen LogP contribution < -0.4 is 0 Å². The van der Waals surface area contributed by atoms with E-state index in [1.165, 1.54) is 0 Å². The van der Waals surface area contributed by atoms with Gasteiger partial charge in [-0.25, -0.2) is 3.93 Å². The van der Waals surface area contributed by atoms with E-state index in [9.17, 15) is 0 Å². The molecule has 0 spiro atoms. The van der Waals surface area contributed by atoms with Crippen molar-refractivity contribution in [2.24, 2.45) is 0 Å². The van der Waals surface area contributed by atoms with Crippen molar-refractivity contribution in [2.75, 3.05) is 19.8 Å². The molecule has 5 heteroatoms. The molecule has 0 heterocycles. The van der Waals surface area contributed by atoms with Gasteiger partial charge in [-0.05, 0) is 0 Å². The van der Waals surface area contributed by atoms with Gasteiger partial charge in [0.05, 0.1) is 18.2 Å². The fraction of sp³-hybridized carbons (Fsp3) is 1.00. The Balaban J connectivity index is 3.32. The third-order valence-corrected chi connectivity index (χ3v) is 2.95. The standard InChI is InChI=1S/C4H9Br2NO2/c5-4(3-9)7(6)1-2-8/h4,8-9H,1-3H2. The molecule has 2 N–H and O–H groups in total. The maximum atomic E-state index is 8.53. The number of halogens is 2. The molecule has 0 aromatic carbocycles. The van der Waals surface area contributed by atoms with E-state index in [0.717, 1.165) is 0 Å². The summed E-state index contributed by atoms with van der Waals surface area (Å²) >= 11 is 6.29. The Morgan fingerprint density at radius 1 is 1.44 bits per heavy atom. The molecule has 0 aliphatic rings. The number of hydrogen-bond acceptors (Lipinski definition) is 3. The fourth-order valence-electron chi connectivity index (χ4n) is 0.324. The molecule has 0 bridgehead atoms. The van der Waals surface area contributed by atoms with Crippen LogP contribution in [0, 0.1) is 0 Å². The Morgan fingerprint density at radius 2 is 2.00 bits per heavy atom. The number of nitrogens with zero attached hydrogens (tertiary/aromatic N) is 1. The van der Waals surface area contributed by atoms with Gasteiger partial charge in [0.15, 0.2) is 0 Å². The molecule has 56 valence electrons. The zero-order valence-corrected chi connectivity index (χ0v) is 7.97. The van der Waals surface area contributed by atoms with Gasteiger partial charge in [0.1, 0.15) is 0 Å². The molecule has 0 radical (unpaired) electrons. The highest BCUT2D eigenvalue weighted by molar-refractivity contribution is 9.11. The summed E-state index contributed by atoms with van der Waals surface area (Å²) < 4.78 is 1.63. The topological polar surface area (TPSA) is 43.7 Å². The van der Waals surface area contributed by atoms with Crippen LogP contribution in [0.4, 0.5) is 0 Å². The van der Waals surface area contributed by atoms with Gasteiger partial charge < -0.3 is 10.2 Å². The Bertz CT molecular complexity index is 73.6. The lowest BCUT2D eigenvalue weighted by molar-refractivity contribution is 0.219. The summed E-state index contributed by atoms with van der Waals surface area (Å²) in [4.78, 5) is -0.121. The third-order valence-electron chi connectivity index (χ3n) is 0.768. The lowest BCUT2D eigenvalue weighted by Crippen LogP contribution is -2.26. The SMILES string of the molecule is OCCN(Br)C(Br)CO. The van der Waals surface area contributed by atoms with Crippen LogP contribution in [0.3, 0.4) is 0 Å². The highest BCUT2D eigenvalue weighted by atomic mass is 79.9. The van der Waals surface area contributed by atoms with E-state index in [-0.39, 0.29) is 18.2 Å². The molecular weight excluding hydrogens is 254 g/mol. The first kappa shape index (κ1) is 9.84. The van der Waals surface area contributed by atoms with E-state index in [2.05, 4.69) is 32.1 Å². The summed E-state index contributed by atoms with van der Waals surface area (Å²) in [7, 11) is 0. The van der Waals surface area contributed by atoms with Crippen LogP contribution in [0.15, 0.2) is 0 Å². The van der Waals surface area contributed by atoms with E-state index < -0.39 is 0 Å². The normalized spacial score (nSPS) is 14.3. The monoisotopic (exact) mass is 261 g/mol. The minimum Gasteiger partial charge on any atom is -0.395 e. The first-order valence-corrected chi connectivity index (χ1v) is 4.13.